The number of carbonyl (C=O) groups is 1. The van der Waals surface area contributed by atoms with Gasteiger partial charge in [-0.15, -0.1) is 0 Å². The zero-order valence-electron chi connectivity index (χ0n) is 17.8. The number of methoxy groups -OCH3 is 1. The lowest BCUT2D eigenvalue weighted by atomic mass is 10.0. The van der Waals surface area contributed by atoms with Crippen LogP contribution in [0.4, 0.5) is 0 Å². The Morgan fingerprint density at radius 2 is 1.59 bits per heavy atom. The van der Waals surface area contributed by atoms with Gasteiger partial charge < -0.3 is 14.8 Å². The van der Waals surface area contributed by atoms with Gasteiger partial charge in [-0.05, 0) is 41.5 Å². The molecule has 1 N–H and O–H groups in total. The summed E-state index contributed by atoms with van der Waals surface area (Å²) in [6.45, 7) is 0.415. The van der Waals surface area contributed by atoms with E-state index in [0.29, 0.717) is 23.7 Å². The van der Waals surface area contributed by atoms with E-state index >= 15 is 0 Å². The number of carbonyl (C=O) groups excluding carboxylic acids is 1. The first-order valence-corrected chi connectivity index (χ1v) is 10.4. The molecule has 0 bridgehead atoms. The SMILES string of the molecule is COc1cc(C(=O)N[C@@H](c2ccccc2)c2ccccn2)ccc1OCc1ccccc1. The van der Waals surface area contributed by atoms with Crippen molar-refractivity contribution in [3.63, 3.8) is 0 Å². The van der Waals surface area contributed by atoms with Crippen LogP contribution in [0.25, 0.3) is 0 Å². The molecule has 1 amide bonds. The molecule has 4 aromatic rings. The second-order valence-electron chi connectivity index (χ2n) is 7.21. The highest BCUT2D eigenvalue weighted by atomic mass is 16.5. The Hall–Kier alpha value is -4.12. The predicted molar refractivity (Wildman–Crippen MR) is 124 cm³/mol. The van der Waals surface area contributed by atoms with Crippen LogP contribution < -0.4 is 14.8 Å². The van der Waals surface area contributed by atoms with E-state index in [9.17, 15) is 4.79 Å². The zero-order chi connectivity index (χ0) is 22.2. The van der Waals surface area contributed by atoms with E-state index < -0.39 is 0 Å². The molecule has 0 saturated carbocycles. The van der Waals surface area contributed by atoms with Crippen molar-refractivity contribution in [2.75, 3.05) is 7.11 Å². The third-order valence-corrected chi connectivity index (χ3v) is 5.05. The van der Waals surface area contributed by atoms with Crippen molar-refractivity contribution in [1.29, 1.82) is 0 Å². The van der Waals surface area contributed by atoms with Crippen LogP contribution in [0.2, 0.25) is 0 Å². The molecule has 160 valence electrons. The van der Waals surface area contributed by atoms with Crippen molar-refractivity contribution in [2.45, 2.75) is 12.6 Å². The lowest BCUT2D eigenvalue weighted by molar-refractivity contribution is 0.0942. The number of amides is 1. The fraction of sp³-hybridized carbons (Fsp3) is 0.111. The lowest BCUT2D eigenvalue weighted by Gasteiger charge is -2.19. The largest absolute Gasteiger partial charge is 0.493 e. The first kappa shape index (κ1) is 21.1. The van der Waals surface area contributed by atoms with Gasteiger partial charge in [-0.3, -0.25) is 9.78 Å². The average molecular weight is 425 g/mol. The number of ether oxygens (including phenoxy) is 2. The molecule has 0 spiro atoms. The molecule has 32 heavy (non-hydrogen) atoms. The Bertz CT molecular complexity index is 1110. The summed E-state index contributed by atoms with van der Waals surface area (Å²) in [6, 6.07) is 30.1. The van der Waals surface area contributed by atoms with Gasteiger partial charge >= 0.3 is 0 Å². The normalized spacial score (nSPS) is 11.4. The van der Waals surface area contributed by atoms with Crippen molar-refractivity contribution in [2.24, 2.45) is 0 Å². The second kappa shape index (κ2) is 10.3. The van der Waals surface area contributed by atoms with Crippen LogP contribution in [0.15, 0.2) is 103 Å². The van der Waals surface area contributed by atoms with Crippen LogP contribution in [0.1, 0.15) is 33.2 Å². The summed E-state index contributed by atoms with van der Waals surface area (Å²) >= 11 is 0. The van der Waals surface area contributed by atoms with Gasteiger partial charge in [0.05, 0.1) is 18.8 Å². The Labute approximate surface area is 187 Å². The molecule has 0 fully saturated rings. The minimum absolute atomic E-state index is 0.225. The van der Waals surface area contributed by atoms with Gasteiger partial charge in [0.1, 0.15) is 6.61 Å². The highest BCUT2D eigenvalue weighted by Crippen LogP contribution is 2.29. The Kier molecular flexibility index (Phi) is 6.78. The van der Waals surface area contributed by atoms with E-state index in [2.05, 4.69) is 10.3 Å². The summed E-state index contributed by atoms with van der Waals surface area (Å²) in [5, 5.41) is 3.10. The van der Waals surface area contributed by atoms with E-state index in [-0.39, 0.29) is 11.9 Å². The molecular weight excluding hydrogens is 400 g/mol. The quantitative estimate of drug-likeness (QED) is 0.423. The van der Waals surface area contributed by atoms with Crippen LogP contribution in [0, 0.1) is 0 Å². The first-order valence-electron chi connectivity index (χ1n) is 10.4. The number of pyridine rings is 1. The highest BCUT2D eigenvalue weighted by Gasteiger charge is 2.20. The smallest absolute Gasteiger partial charge is 0.252 e. The summed E-state index contributed by atoms with van der Waals surface area (Å²) in [7, 11) is 1.56. The van der Waals surface area contributed by atoms with Gasteiger partial charge in [0.25, 0.3) is 5.91 Å². The Morgan fingerprint density at radius 3 is 2.28 bits per heavy atom. The van der Waals surface area contributed by atoms with Crippen molar-refractivity contribution >= 4 is 5.91 Å². The van der Waals surface area contributed by atoms with Crippen molar-refractivity contribution in [3.05, 3.63) is 126 Å². The minimum atomic E-state index is -0.370. The number of benzene rings is 3. The number of nitrogens with one attached hydrogen (secondary N) is 1. The third-order valence-electron chi connectivity index (χ3n) is 5.05. The molecule has 0 saturated heterocycles. The molecule has 0 aliphatic heterocycles. The van der Waals surface area contributed by atoms with Gasteiger partial charge in [-0.25, -0.2) is 0 Å². The monoisotopic (exact) mass is 424 g/mol. The first-order chi connectivity index (χ1) is 15.7. The zero-order valence-corrected chi connectivity index (χ0v) is 17.8. The molecule has 3 aromatic carbocycles. The van der Waals surface area contributed by atoms with E-state index in [1.807, 2.05) is 78.9 Å². The highest BCUT2D eigenvalue weighted by molar-refractivity contribution is 5.95. The van der Waals surface area contributed by atoms with Crippen molar-refractivity contribution < 1.29 is 14.3 Å². The third kappa shape index (κ3) is 5.13. The summed E-state index contributed by atoms with van der Waals surface area (Å²) in [5.74, 6) is 0.859. The maximum Gasteiger partial charge on any atom is 0.252 e. The fourth-order valence-corrected chi connectivity index (χ4v) is 3.40. The van der Waals surface area contributed by atoms with Gasteiger partial charge in [0, 0.05) is 11.8 Å². The molecule has 0 aliphatic rings. The average Bonchev–Trinajstić information content (AvgIpc) is 2.87. The van der Waals surface area contributed by atoms with Crippen molar-refractivity contribution in [3.8, 4) is 11.5 Å². The molecular formula is C27H24N2O3. The molecule has 0 aliphatic carbocycles. The summed E-state index contributed by atoms with van der Waals surface area (Å²) in [4.78, 5) is 17.6. The predicted octanol–water partition coefficient (Wildman–Crippen LogP) is 5.19. The minimum Gasteiger partial charge on any atom is -0.493 e. The molecule has 4 rings (SSSR count). The van der Waals surface area contributed by atoms with Crippen LogP contribution in [0.3, 0.4) is 0 Å². The number of aromatic nitrogens is 1. The van der Waals surface area contributed by atoms with E-state index in [4.69, 9.17) is 9.47 Å². The summed E-state index contributed by atoms with van der Waals surface area (Å²) in [5.41, 5.74) is 3.25. The number of hydrogen-bond donors (Lipinski definition) is 1. The topological polar surface area (TPSA) is 60.5 Å². The standard InChI is InChI=1S/C27H24N2O3/c1-31-25-18-22(15-16-24(25)32-19-20-10-4-2-5-11-20)27(30)29-26(21-12-6-3-7-13-21)23-14-8-9-17-28-23/h2-18,26H,19H2,1H3,(H,29,30)/t26-/m0/s1. The van der Waals surface area contributed by atoms with Gasteiger partial charge in [0.15, 0.2) is 11.5 Å². The molecule has 1 atom stereocenters. The molecule has 1 aromatic heterocycles. The van der Waals surface area contributed by atoms with E-state index in [1.165, 1.54) is 0 Å². The molecule has 5 nitrogen and oxygen atoms in total. The molecule has 1 heterocycles. The fourth-order valence-electron chi connectivity index (χ4n) is 3.40. The number of rotatable bonds is 8. The Morgan fingerprint density at radius 1 is 0.875 bits per heavy atom. The molecule has 0 radical (unpaired) electrons. The Balaban J connectivity index is 1.53. The van der Waals surface area contributed by atoms with Gasteiger partial charge in [-0.1, -0.05) is 66.7 Å². The van der Waals surface area contributed by atoms with Crippen LogP contribution in [-0.2, 0) is 6.61 Å². The number of hydrogen-bond acceptors (Lipinski definition) is 4. The van der Waals surface area contributed by atoms with Gasteiger partial charge in [0.2, 0.25) is 0 Å². The van der Waals surface area contributed by atoms with E-state index in [0.717, 1.165) is 16.8 Å². The summed E-state index contributed by atoms with van der Waals surface area (Å²) in [6.07, 6.45) is 1.72. The van der Waals surface area contributed by atoms with E-state index in [1.54, 1.807) is 31.5 Å². The van der Waals surface area contributed by atoms with Crippen LogP contribution in [0.5, 0.6) is 11.5 Å². The van der Waals surface area contributed by atoms with Crippen molar-refractivity contribution in [1.82, 2.24) is 10.3 Å². The van der Waals surface area contributed by atoms with Crippen LogP contribution >= 0.6 is 0 Å². The maximum absolute atomic E-state index is 13.1. The molecule has 5 heteroatoms. The second-order valence-corrected chi connectivity index (χ2v) is 7.21. The van der Waals surface area contributed by atoms with Crippen LogP contribution in [-0.4, -0.2) is 18.0 Å². The molecule has 0 unspecified atom stereocenters. The number of nitrogens with zero attached hydrogens (tertiary/aromatic N) is 1. The maximum atomic E-state index is 13.1. The van der Waals surface area contributed by atoms with Gasteiger partial charge in [-0.2, -0.15) is 0 Å². The lowest BCUT2D eigenvalue weighted by Crippen LogP contribution is -2.29. The summed E-state index contributed by atoms with van der Waals surface area (Å²) < 4.78 is 11.4.